The van der Waals surface area contributed by atoms with Crippen LogP contribution in [0.3, 0.4) is 0 Å². The molecule has 3 N–H and O–H groups in total. The highest BCUT2D eigenvalue weighted by molar-refractivity contribution is 5.90. The number of aryl methyl sites for hydroxylation is 2. The van der Waals surface area contributed by atoms with Crippen molar-refractivity contribution in [3.63, 3.8) is 0 Å². The van der Waals surface area contributed by atoms with E-state index in [1.54, 1.807) is 4.68 Å². The summed E-state index contributed by atoms with van der Waals surface area (Å²) in [5.74, 6) is -0.274. The van der Waals surface area contributed by atoms with Crippen LogP contribution in [0.1, 0.15) is 87.3 Å². The molecule has 1 aliphatic heterocycles. The van der Waals surface area contributed by atoms with Gasteiger partial charge in [0, 0.05) is 42.9 Å². The average Bonchev–Trinajstić information content (AvgIpc) is 3.43. The van der Waals surface area contributed by atoms with Crippen LogP contribution in [0.4, 0.5) is 0 Å². The number of amides is 2. The minimum atomic E-state index is -0.809. The van der Waals surface area contributed by atoms with Gasteiger partial charge < -0.3 is 20.4 Å². The Balaban J connectivity index is 1.32. The number of likely N-dealkylation sites (tertiary alicyclic amines) is 1. The number of hydrogen-bond acceptors (Lipinski definition) is 7. The number of nitrogens with zero attached hydrogens (tertiary/aromatic N) is 5. The largest absolute Gasteiger partial charge is 0.493 e. The van der Waals surface area contributed by atoms with Gasteiger partial charge in [-0.15, -0.1) is 5.10 Å². The van der Waals surface area contributed by atoms with Gasteiger partial charge in [-0.05, 0) is 55.6 Å². The molecule has 0 aromatic carbocycles. The van der Waals surface area contributed by atoms with Gasteiger partial charge in [-0.25, -0.2) is 9.67 Å². The van der Waals surface area contributed by atoms with Gasteiger partial charge in [0.2, 0.25) is 17.7 Å². The summed E-state index contributed by atoms with van der Waals surface area (Å²) in [4.78, 5) is 32.9. The third-order valence-corrected chi connectivity index (χ3v) is 7.52. The Labute approximate surface area is 211 Å². The zero-order valence-electron chi connectivity index (χ0n) is 21.3. The summed E-state index contributed by atoms with van der Waals surface area (Å²) < 4.78 is 1.62. The van der Waals surface area contributed by atoms with Gasteiger partial charge in [0.05, 0.1) is 11.8 Å². The number of pyridine rings is 1. The topological polar surface area (TPSA) is 133 Å². The lowest BCUT2D eigenvalue weighted by Crippen LogP contribution is -2.50. The molecular weight excluding hydrogens is 460 g/mol. The number of aromatic hydroxyl groups is 1. The number of β-amino-alcohol motifs (C(OH)–C–C–N with tert-alkyl or cyclic N) is 1. The predicted molar refractivity (Wildman–Crippen MR) is 131 cm³/mol. The summed E-state index contributed by atoms with van der Waals surface area (Å²) in [6.45, 7) is 6.07. The zero-order valence-corrected chi connectivity index (χ0v) is 21.3. The number of carbonyl (C=O) groups excluding carboxylic acids is 2. The van der Waals surface area contributed by atoms with Gasteiger partial charge in [-0.3, -0.25) is 9.59 Å². The first kappa shape index (κ1) is 24.7. The lowest BCUT2D eigenvalue weighted by molar-refractivity contribution is -0.144. The molecule has 0 unspecified atom stereocenters. The van der Waals surface area contributed by atoms with Crippen molar-refractivity contribution in [2.24, 2.45) is 5.41 Å². The van der Waals surface area contributed by atoms with Crippen LogP contribution in [0, 0.1) is 5.41 Å². The number of nitrogens with one attached hydrogen (secondary N) is 1. The van der Waals surface area contributed by atoms with Gasteiger partial charge >= 0.3 is 0 Å². The fourth-order valence-corrected chi connectivity index (χ4v) is 5.43. The van der Waals surface area contributed by atoms with E-state index in [0.29, 0.717) is 11.5 Å². The number of fused-ring (bicyclic) bond motifs is 1. The number of aliphatic hydroxyl groups is 1. The summed E-state index contributed by atoms with van der Waals surface area (Å²) >= 11 is 0. The van der Waals surface area contributed by atoms with Gasteiger partial charge in [-0.1, -0.05) is 26.0 Å². The van der Waals surface area contributed by atoms with Crippen LogP contribution in [0.5, 0.6) is 5.88 Å². The highest BCUT2D eigenvalue weighted by Gasteiger charge is 2.45. The molecule has 2 fully saturated rings. The summed E-state index contributed by atoms with van der Waals surface area (Å²) in [6.07, 6.45) is 7.31. The smallest absolute Gasteiger partial charge is 0.248 e. The molecule has 10 heteroatoms. The maximum atomic E-state index is 13.8. The van der Waals surface area contributed by atoms with Crippen molar-refractivity contribution in [3.05, 3.63) is 34.8 Å². The minimum absolute atomic E-state index is 0.0687. The molecule has 3 atom stereocenters. The van der Waals surface area contributed by atoms with Crippen LogP contribution in [0.2, 0.25) is 0 Å². The third-order valence-electron chi connectivity index (χ3n) is 7.52. The first-order chi connectivity index (χ1) is 17.1. The summed E-state index contributed by atoms with van der Waals surface area (Å²) in [7, 11) is 0. The Bertz CT molecular complexity index is 1150. The SMILES string of the molecule is CC(C)(C)[C@@H](C(=O)N1C[C@H](O)C[C@H]1C(=O)NCc1cc2c(nc1O)CCCC2)n1cc(C2CC2)nn1. The van der Waals surface area contributed by atoms with E-state index >= 15 is 0 Å². The van der Waals surface area contributed by atoms with Crippen LogP contribution in [0.15, 0.2) is 12.3 Å². The van der Waals surface area contributed by atoms with Crippen LogP contribution >= 0.6 is 0 Å². The number of carbonyl (C=O) groups is 2. The monoisotopic (exact) mass is 496 g/mol. The molecule has 0 spiro atoms. The highest BCUT2D eigenvalue weighted by Crippen LogP contribution is 2.40. The quantitative estimate of drug-likeness (QED) is 0.557. The van der Waals surface area contributed by atoms with E-state index in [0.717, 1.165) is 55.5 Å². The zero-order chi connectivity index (χ0) is 25.6. The van der Waals surface area contributed by atoms with Crippen LogP contribution in [-0.2, 0) is 29.0 Å². The van der Waals surface area contributed by atoms with Gasteiger partial charge in [-0.2, -0.15) is 0 Å². The van der Waals surface area contributed by atoms with Crippen molar-refractivity contribution in [2.75, 3.05) is 6.54 Å². The molecule has 3 aliphatic rings. The molecule has 1 saturated carbocycles. The van der Waals surface area contributed by atoms with Gasteiger partial charge in [0.15, 0.2) is 0 Å². The molecular formula is C26H36N6O4. The third kappa shape index (κ3) is 4.96. The van der Waals surface area contributed by atoms with E-state index in [9.17, 15) is 19.8 Å². The second kappa shape index (κ2) is 9.46. The Hall–Kier alpha value is -3.01. The number of rotatable bonds is 6. The molecule has 2 aromatic heterocycles. The maximum Gasteiger partial charge on any atom is 0.248 e. The fourth-order valence-electron chi connectivity index (χ4n) is 5.43. The maximum absolute atomic E-state index is 13.8. The molecule has 0 bridgehead atoms. The molecule has 10 nitrogen and oxygen atoms in total. The predicted octanol–water partition coefficient (Wildman–Crippen LogP) is 2.00. The molecule has 3 heterocycles. The van der Waals surface area contributed by atoms with Gasteiger partial charge in [0.1, 0.15) is 12.1 Å². The van der Waals surface area contributed by atoms with E-state index in [2.05, 4.69) is 20.6 Å². The van der Waals surface area contributed by atoms with E-state index in [1.165, 1.54) is 4.90 Å². The molecule has 2 aliphatic carbocycles. The lowest BCUT2D eigenvalue weighted by atomic mass is 9.85. The average molecular weight is 497 g/mol. The van der Waals surface area contributed by atoms with Crippen molar-refractivity contribution in [1.29, 1.82) is 0 Å². The Kier molecular flexibility index (Phi) is 6.48. The second-order valence-corrected chi connectivity index (χ2v) is 11.6. The molecule has 36 heavy (non-hydrogen) atoms. The summed E-state index contributed by atoms with van der Waals surface area (Å²) in [5, 5.41) is 32.2. The van der Waals surface area contributed by atoms with Crippen molar-refractivity contribution < 1.29 is 19.8 Å². The second-order valence-electron chi connectivity index (χ2n) is 11.6. The number of hydrogen-bond donors (Lipinski definition) is 3. The fraction of sp³-hybridized carbons (Fsp3) is 0.654. The molecule has 5 rings (SSSR count). The molecule has 0 radical (unpaired) electrons. The number of aliphatic hydroxyl groups excluding tert-OH is 1. The molecule has 1 saturated heterocycles. The van der Waals surface area contributed by atoms with Crippen molar-refractivity contribution in [1.82, 2.24) is 30.2 Å². The highest BCUT2D eigenvalue weighted by atomic mass is 16.3. The van der Waals surface area contributed by atoms with Crippen LogP contribution in [-0.4, -0.2) is 65.6 Å². The molecule has 2 amide bonds. The van der Waals surface area contributed by atoms with E-state index < -0.39 is 23.6 Å². The van der Waals surface area contributed by atoms with Crippen molar-refractivity contribution in [3.8, 4) is 5.88 Å². The first-order valence-electron chi connectivity index (χ1n) is 13.0. The summed E-state index contributed by atoms with van der Waals surface area (Å²) in [6, 6.07) is 0.449. The van der Waals surface area contributed by atoms with Crippen molar-refractivity contribution >= 4 is 11.8 Å². The van der Waals surface area contributed by atoms with E-state index in [1.807, 2.05) is 33.0 Å². The molecule has 194 valence electrons. The van der Waals surface area contributed by atoms with E-state index in [4.69, 9.17) is 0 Å². The van der Waals surface area contributed by atoms with Crippen molar-refractivity contribution in [2.45, 2.75) is 96.4 Å². The standard InChI is InChI=1S/C26H36N6O4/c1-26(2,3)22(32-14-20(29-30-32)15-8-9-15)25(36)31-13-18(33)11-21(31)24(35)27-12-17-10-16-6-4-5-7-19(16)28-23(17)34/h10,14-15,18,21-22,33H,4-9,11-13H2,1-3H3,(H,27,35)(H,28,34)/t18-,21+,22-/m1/s1. The normalized spacial score (nSPS) is 22.8. The lowest BCUT2D eigenvalue weighted by Gasteiger charge is -2.34. The van der Waals surface area contributed by atoms with Crippen LogP contribution < -0.4 is 5.32 Å². The Morgan fingerprint density at radius 3 is 2.69 bits per heavy atom. The Morgan fingerprint density at radius 1 is 1.22 bits per heavy atom. The van der Waals surface area contributed by atoms with E-state index in [-0.39, 0.29) is 37.2 Å². The molecule has 2 aromatic rings. The van der Waals surface area contributed by atoms with Crippen LogP contribution in [0.25, 0.3) is 0 Å². The number of aromatic nitrogens is 4. The van der Waals surface area contributed by atoms with Gasteiger partial charge in [0.25, 0.3) is 0 Å². The minimum Gasteiger partial charge on any atom is -0.493 e. The first-order valence-corrected chi connectivity index (χ1v) is 13.0. The summed E-state index contributed by atoms with van der Waals surface area (Å²) in [5.41, 5.74) is 3.01. The Morgan fingerprint density at radius 2 is 1.97 bits per heavy atom.